The number of benzene rings is 1. The van der Waals surface area contributed by atoms with Gasteiger partial charge in [-0.05, 0) is 37.6 Å². The summed E-state index contributed by atoms with van der Waals surface area (Å²) in [5.41, 5.74) is 1.10. The third-order valence-electron chi connectivity index (χ3n) is 2.89. The smallest absolute Gasteiger partial charge is 0.259 e. The van der Waals surface area contributed by atoms with Crippen LogP contribution in [0, 0.1) is 13.8 Å². The van der Waals surface area contributed by atoms with Crippen molar-refractivity contribution in [2.45, 2.75) is 20.4 Å². The van der Waals surface area contributed by atoms with Gasteiger partial charge in [0.25, 0.3) is 5.91 Å². The Balaban J connectivity index is 2.09. The summed E-state index contributed by atoms with van der Waals surface area (Å²) in [6.45, 7) is 4.43. The molecule has 0 radical (unpaired) electrons. The zero-order valence-corrected chi connectivity index (χ0v) is 11.5. The van der Waals surface area contributed by atoms with Gasteiger partial charge in [0.2, 0.25) is 0 Å². The predicted octanol–water partition coefficient (Wildman–Crippen LogP) is 2.71. The molecule has 2 aromatic rings. The van der Waals surface area contributed by atoms with Gasteiger partial charge >= 0.3 is 0 Å². The monoisotopic (exact) mass is 277 g/mol. The Bertz CT molecular complexity index is 579. The maximum Gasteiger partial charge on any atom is 0.259 e. The van der Waals surface area contributed by atoms with E-state index in [1.807, 2.05) is 19.9 Å². The first-order chi connectivity index (χ1) is 8.99. The number of phenolic OH excluding ortho intramolecular Hbond substituents is 2. The fourth-order valence-corrected chi connectivity index (χ4v) is 2.75. The van der Waals surface area contributed by atoms with Gasteiger partial charge in [-0.2, -0.15) is 0 Å². The van der Waals surface area contributed by atoms with Crippen LogP contribution in [0.1, 0.15) is 25.7 Å². The number of hydrogen-bond donors (Lipinski definition) is 3. The first-order valence-electron chi connectivity index (χ1n) is 5.84. The van der Waals surface area contributed by atoms with Gasteiger partial charge in [0.15, 0.2) is 0 Å². The van der Waals surface area contributed by atoms with E-state index in [1.54, 1.807) is 11.3 Å². The molecule has 0 spiro atoms. The maximum atomic E-state index is 11.9. The lowest BCUT2D eigenvalue weighted by Gasteiger charge is -2.07. The standard InChI is InChI=1S/C14H15NO3S/c1-8-6-10(19-9(8)2)7-15-14(18)13-11(16)4-3-5-12(13)17/h3-6,16-17H,7H2,1-2H3,(H,15,18). The number of aromatic hydroxyl groups is 2. The van der Waals surface area contributed by atoms with Crippen molar-refractivity contribution < 1.29 is 15.0 Å². The van der Waals surface area contributed by atoms with Gasteiger partial charge in [0.05, 0.1) is 6.54 Å². The van der Waals surface area contributed by atoms with Crippen LogP contribution in [0.3, 0.4) is 0 Å². The highest BCUT2D eigenvalue weighted by Gasteiger charge is 2.15. The van der Waals surface area contributed by atoms with E-state index in [0.717, 1.165) is 4.88 Å². The molecule has 0 aliphatic heterocycles. The highest BCUT2D eigenvalue weighted by Crippen LogP contribution is 2.26. The molecular formula is C14H15NO3S. The molecule has 5 heteroatoms. The summed E-state index contributed by atoms with van der Waals surface area (Å²) in [4.78, 5) is 14.2. The molecule has 0 unspecified atom stereocenters. The summed E-state index contributed by atoms with van der Waals surface area (Å²) < 4.78 is 0. The fraction of sp³-hybridized carbons (Fsp3) is 0.214. The molecule has 3 N–H and O–H groups in total. The molecule has 1 amide bonds. The third kappa shape index (κ3) is 2.88. The Kier molecular flexibility index (Phi) is 3.76. The Morgan fingerprint density at radius 1 is 1.26 bits per heavy atom. The van der Waals surface area contributed by atoms with E-state index in [1.165, 1.54) is 28.6 Å². The molecule has 0 aliphatic rings. The molecule has 19 heavy (non-hydrogen) atoms. The van der Waals surface area contributed by atoms with Crippen molar-refractivity contribution in [3.8, 4) is 11.5 Å². The van der Waals surface area contributed by atoms with Crippen LogP contribution >= 0.6 is 11.3 Å². The SMILES string of the molecule is Cc1cc(CNC(=O)c2c(O)cccc2O)sc1C. The van der Waals surface area contributed by atoms with E-state index in [9.17, 15) is 15.0 Å². The molecule has 0 saturated heterocycles. The second-order valence-corrected chi connectivity index (χ2v) is 5.65. The lowest BCUT2D eigenvalue weighted by Crippen LogP contribution is -2.22. The number of amides is 1. The van der Waals surface area contributed by atoms with Crippen LogP contribution in [-0.2, 0) is 6.54 Å². The van der Waals surface area contributed by atoms with E-state index in [2.05, 4.69) is 5.32 Å². The van der Waals surface area contributed by atoms with Crippen molar-refractivity contribution in [1.82, 2.24) is 5.32 Å². The van der Waals surface area contributed by atoms with Gasteiger partial charge < -0.3 is 15.5 Å². The van der Waals surface area contributed by atoms with Crippen molar-refractivity contribution in [3.05, 3.63) is 45.1 Å². The summed E-state index contributed by atoms with van der Waals surface area (Å²) in [6.07, 6.45) is 0. The molecular weight excluding hydrogens is 262 g/mol. The number of hydrogen-bond acceptors (Lipinski definition) is 4. The summed E-state index contributed by atoms with van der Waals surface area (Å²) >= 11 is 1.62. The van der Waals surface area contributed by atoms with Gasteiger partial charge in [-0.25, -0.2) is 0 Å². The molecule has 0 fully saturated rings. The van der Waals surface area contributed by atoms with Crippen LogP contribution in [-0.4, -0.2) is 16.1 Å². The Hall–Kier alpha value is -2.01. The van der Waals surface area contributed by atoms with Gasteiger partial charge in [0.1, 0.15) is 17.1 Å². The summed E-state index contributed by atoms with van der Waals surface area (Å²) in [5, 5.41) is 21.9. The van der Waals surface area contributed by atoms with Crippen LogP contribution in [0.15, 0.2) is 24.3 Å². The topological polar surface area (TPSA) is 69.6 Å². The Labute approximate surface area is 115 Å². The number of carbonyl (C=O) groups is 1. The largest absolute Gasteiger partial charge is 0.507 e. The van der Waals surface area contributed by atoms with Crippen molar-refractivity contribution >= 4 is 17.2 Å². The number of phenols is 2. The van der Waals surface area contributed by atoms with Crippen LogP contribution in [0.5, 0.6) is 11.5 Å². The number of aryl methyl sites for hydroxylation is 2. The molecule has 0 saturated carbocycles. The zero-order chi connectivity index (χ0) is 14.0. The zero-order valence-electron chi connectivity index (χ0n) is 10.7. The van der Waals surface area contributed by atoms with E-state index >= 15 is 0 Å². The highest BCUT2D eigenvalue weighted by atomic mass is 32.1. The molecule has 1 aromatic carbocycles. The average Bonchev–Trinajstić information content (AvgIpc) is 2.66. The number of nitrogens with one attached hydrogen (secondary N) is 1. The maximum absolute atomic E-state index is 11.9. The van der Waals surface area contributed by atoms with Crippen LogP contribution in [0.4, 0.5) is 0 Å². The first kappa shape index (κ1) is 13.4. The van der Waals surface area contributed by atoms with E-state index < -0.39 is 5.91 Å². The summed E-state index contributed by atoms with van der Waals surface area (Å²) in [5.74, 6) is -0.939. The Morgan fingerprint density at radius 2 is 1.89 bits per heavy atom. The van der Waals surface area contributed by atoms with Crippen molar-refractivity contribution in [3.63, 3.8) is 0 Å². The molecule has 0 bridgehead atoms. The number of carbonyl (C=O) groups excluding carboxylic acids is 1. The first-order valence-corrected chi connectivity index (χ1v) is 6.65. The molecule has 100 valence electrons. The summed E-state index contributed by atoms with van der Waals surface area (Å²) in [6, 6.07) is 6.24. The van der Waals surface area contributed by atoms with E-state index in [0.29, 0.717) is 6.54 Å². The number of thiophene rings is 1. The molecule has 2 rings (SSSR count). The minimum atomic E-state index is -0.487. The van der Waals surface area contributed by atoms with Crippen molar-refractivity contribution in [2.24, 2.45) is 0 Å². The molecule has 0 atom stereocenters. The Morgan fingerprint density at radius 3 is 2.42 bits per heavy atom. The van der Waals surface area contributed by atoms with Crippen molar-refractivity contribution in [1.29, 1.82) is 0 Å². The minimum absolute atomic E-state index is 0.0903. The summed E-state index contributed by atoms with van der Waals surface area (Å²) in [7, 11) is 0. The second-order valence-electron chi connectivity index (χ2n) is 4.31. The minimum Gasteiger partial charge on any atom is -0.507 e. The van der Waals surface area contributed by atoms with Crippen LogP contribution in [0.25, 0.3) is 0 Å². The molecule has 0 aliphatic carbocycles. The van der Waals surface area contributed by atoms with Crippen molar-refractivity contribution in [2.75, 3.05) is 0 Å². The quantitative estimate of drug-likeness (QED) is 0.808. The highest BCUT2D eigenvalue weighted by molar-refractivity contribution is 7.12. The normalized spacial score (nSPS) is 10.4. The molecule has 1 aromatic heterocycles. The van der Waals surface area contributed by atoms with Gasteiger partial charge in [0, 0.05) is 9.75 Å². The van der Waals surface area contributed by atoms with Gasteiger partial charge in [-0.15, -0.1) is 11.3 Å². The fourth-order valence-electron chi connectivity index (χ4n) is 1.75. The van der Waals surface area contributed by atoms with Gasteiger partial charge in [-0.3, -0.25) is 4.79 Å². The molecule has 4 nitrogen and oxygen atoms in total. The van der Waals surface area contributed by atoms with Gasteiger partial charge in [-0.1, -0.05) is 6.07 Å². The average molecular weight is 277 g/mol. The second kappa shape index (κ2) is 5.32. The number of rotatable bonds is 3. The predicted molar refractivity (Wildman–Crippen MR) is 74.7 cm³/mol. The molecule has 1 heterocycles. The van der Waals surface area contributed by atoms with Crippen LogP contribution < -0.4 is 5.32 Å². The van der Waals surface area contributed by atoms with E-state index in [-0.39, 0.29) is 17.1 Å². The van der Waals surface area contributed by atoms with E-state index in [4.69, 9.17) is 0 Å². The van der Waals surface area contributed by atoms with Crippen LogP contribution in [0.2, 0.25) is 0 Å². The lowest BCUT2D eigenvalue weighted by molar-refractivity contribution is 0.0946. The lowest BCUT2D eigenvalue weighted by atomic mass is 10.1. The third-order valence-corrected chi connectivity index (χ3v) is 4.04.